The first-order valence-corrected chi connectivity index (χ1v) is 9.28. The lowest BCUT2D eigenvalue weighted by Gasteiger charge is -2.25. The number of hydrogen-bond acceptors (Lipinski definition) is 2. The number of aliphatic imine (C=N–C) groups is 1. The molecule has 114 valence electrons. The van der Waals surface area contributed by atoms with E-state index in [1.165, 1.54) is 37.7 Å². The van der Waals surface area contributed by atoms with Crippen LogP contribution in [0.5, 0.6) is 0 Å². The van der Waals surface area contributed by atoms with Crippen molar-refractivity contribution in [3.63, 3.8) is 0 Å². The van der Waals surface area contributed by atoms with Crippen LogP contribution in [0, 0.1) is 11.8 Å². The van der Waals surface area contributed by atoms with E-state index >= 15 is 0 Å². The molecular formula is C18H26N2S. The largest absolute Gasteiger partial charge is 0.357 e. The van der Waals surface area contributed by atoms with Gasteiger partial charge >= 0.3 is 0 Å². The summed E-state index contributed by atoms with van der Waals surface area (Å²) in [6.07, 6.45) is 6.95. The normalized spacial score (nSPS) is 31.3. The molecule has 3 heteroatoms. The summed E-state index contributed by atoms with van der Waals surface area (Å²) in [6, 6.07) is 11.1. The van der Waals surface area contributed by atoms with Crippen molar-refractivity contribution in [2.45, 2.75) is 45.1 Å². The number of nitrogens with one attached hydrogen (secondary N) is 1. The number of thioether (sulfide) groups is 1. The lowest BCUT2D eigenvalue weighted by molar-refractivity contribution is 0.280. The van der Waals surface area contributed by atoms with E-state index in [2.05, 4.69) is 42.6 Å². The maximum absolute atomic E-state index is 4.78. The van der Waals surface area contributed by atoms with Crippen molar-refractivity contribution >= 4 is 16.9 Å². The first kappa shape index (κ1) is 15.0. The van der Waals surface area contributed by atoms with Crippen molar-refractivity contribution in [2.75, 3.05) is 12.3 Å². The Kier molecular flexibility index (Phi) is 5.23. The highest BCUT2D eigenvalue weighted by Gasteiger charge is 2.22. The van der Waals surface area contributed by atoms with E-state index in [0.717, 1.165) is 29.3 Å². The third kappa shape index (κ3) is 4.26. The summed E-state index contributed by atoms with van der Waals surface area (Å²) in [5.74, 6) is 2.97. The fraction of sp³-hybridized carbons (Fsp3) is 0.611. The topological polar surface area (TPSA) is 24.4 Å². The van der Waals surface area contributed by atoms with Crippen LogP contribution in [0.4, 0.5) is 0 Å². The zero-order valence-electron chi connectivity index (χ0n) is 12.9. The molecule has 2 fully saturated rings. The van der Waals surface area contributed by atoms with Gasteiger partial charge in [0.2, 0.25) is 0 Å². The summed E-state index contributed by atoms with van der Waals surface area (Å²) < 4.78 is 0. The van der Waals surface area contributed by atoms with Crippen molar-refractivity contribution in [1.29, 1.82) is 0 Å². The molecule has 1 N–H and O–H groups in total. The van der Waals surface area contributed by atoms with E-state index in [1.807, 2.05) is 11.8 Å². The molecular weight excluding hydrogens is 276 g/mol. The average molecular weight is 302 g/mol. The third-order valence-electron chi connectivity index (χ3n) is 4.81. The highest BCUT2D eigenvalue weighted by Crippen LogP contribution is 2.30. The molecule has 1 heterocycles. The van der Waals surface area contributed by atoms with Crippen LogP contribution in [-0.2, 0) is 0 Å². The maximum atomic E-state index is 4.78. The van der Waals surface area contributed by atoms with Crippen LogP contribution in [-0.4, -0.2) is 17.5 Å². The number of amidine groups is 1. The first-order valence-electron chi connectivity index (χ1n) is 8.30. The standard InChI is InChI=1S/C18H26N2S/c1-14-7-9-15(10-8-14)11-12-19-18-20-17(13-21-18)16-5-3-2-4-6-16/h2-6,14-15,17H,7-13H2,1H3,(H,19,20). The van der Waals surface area contributed by atoms with Gasteiger partial charge in [-0.15, -0.1) is 0 Å². The van der Waals surface area contributed by atoms with Gasteiger partial charge in [-0.3, -0.25) is 4.99 Å². The Morgan fingerprint density at radius 2 is 1.90 bits per heavy atom. The molecule has 2 nitrogen and oxygen atoms in total. The molecule has 1 aliphatic heterocycles. The predicted octanol–water partition coefficient (Wildman–Crippen LogP) is 4.64. The van der Waals surface area contributed by atoms with Gasteiger partial charge in [-0.1, -0.05) is 74.7 Å². The van der Waals surface area contributed by atoms with Gasteiger partial charge in [-0.05, 0) is 23.8 Å². The zero-order valence-corrected chi connectivity index (χ0v) is 13.7. The van der Waals surface area contributed by atoms with Gasteiger partial charge < -0.3 is 5.32 Å². The van der Waals surface area contributed by atoms with E-state index < -0.39 is 0 Å². The van der Waals surface area contributed by atoms with Crippen molar-refractivity contribution in [3.05, 3.63) is 35.9 Å². The monoisotopic (exact) mass is 302 g/mol. The second kappa shape index (κ2) is 7.35. The Labute approximate surface area is 132 Å². The quantitative estimate of drug-likeness (QED) is 0.876. The summed E-state index contributed by atoms with van der Waals surface area (Å²) in [5.41, 5.74) is 1.37. The van der Waals surface area contributed by atoms with Gasteiger partial charge in [-0.2, -0.15) is 0 Å². The second-order valence-electron chi connectivity index (χ2n) is 6.52. The molecule has 2 aliphatic rings. The Morgan fingerprint density at radius 1 is 1.14 bits per heavy atom. The molecule has 1 saturated heterocycles. The summed E-state index contributed by atoms with van der Waals surface area (Å²) in [6.45, 7) is 3.38. The van der Waals surface area contributed by atoms with Gasteiger partial charge in [-0.25, -0.2) is 0 Å². The van der Waals surface area contributed by atoms with E-state index in [1.54, 1.807) is 0 Å². The number of hydrogen-bond donors (Lipinski definition) is 1. The Hall–Kier alpha value is -0.960. The van der Waals surface area contributed by atoms with Crippen molar-refractivity contribution in [3.8, 4) is 0 Å². The molecule has 1 unspecified atom stereocenters. The van der Waals surface area contributed by atoms with Crippen LogP contribution in [0.15, 0.2) is 35.3 Å². The van der Waals surface area contributed by atoms with E-state index in [-0.39, 0.29) is 0 Å². The third-order valence-corrected chi connectivity index (χ3v) is 5.83. The number of nitrogens with zero attached hydrogens (tertiary/aromatic N) is 1. The lowest BCUT2D eigenvalue weighted by atomic mass is 9.81. The molecule has 0 bridgehead atoms. The second-order valence-corrected chi connectivity index (χ2v) is 7.53. The minimum atomic E-state index is 0.436. The van der Waals surface area contributed by atoms with Crippen LogP contribution >= 0.6 is 11.8 Å². The van der Waals surface area contributed by atoms with Gasteiger partial charge in [0.15, 0.2) is 5.17 Å². The molecule has 1 atom stereocenters. The van der Waals surface area contributed by atoms with Crippen molar-refractivity contribution in [1.82, 2.24) is 5.32 Å². The summed E-state index contributed by atoms with van der Waals surface area (Å²) in [7, 11) is 0. The van der Waals surface area contributed by atoms with Gasteiger partial charge in [0.05, 0.1) is 6.04 Å². The molecule has 1 saturated carbocycles. The molecule has 0 amide bonds. The lowest BCUT2D eigenvalue weighted by Crippen LogP contribution is -2.20. The van der Waals surface area contributed by atoms with Crippen LogP contribution in [0.1, 0.15) is 50.6 Å². The molecule has 21 heavy (non-hydrogen) atoms. The average Bonchev–Trinajstić information content (AvgIpc) is 2.99. The highest BCUT2D eigenvalue weighted by atomic mass is 32.2. The molecule has 0 spiro atoms. The zero-order chi connectivity index (χ0) is 14.5. The molecule has 0 radical (unpaired) electrons. The van der Waals surface area contributed by atoms with Crippen LogP contribution < -0.4 is 5.32 Å². The van der Waals surface area contributed by atoms with Gasteiger partial charge in [0.25, 0.3) is 0 Å². The maximum Gasteiger partial charge on any atom is 0.157 e. The fourth-order valence-corrected chi connectivity index (χ4v) is 4.33. The SMILES string of the molecule is CC1CCC(CCN=C2NC(c3ccccc3)CS2)CC1. The van der Waals surface area contributed by atoms with Crippen LogP contribution in [0.25, 0.3) is 0 Å². The van der Waals surface area contributed by atoms with Crippen LogP contribution in [0.2, 0.25) is 0 Å². The summed E-state index contributed by atoms with van der Waals surface area (Å²) in [4.78, 5) is 4.78. The smallest absolute Gasteiger partial charge is 0.157 e. The van der Waals surface area contributed by atoms with Crippen molar-refractivity contribution in [2.24, 2.45) is 16.8 Å². The number of rotatable bonds is 4. The fourth-order valence-electron chi connectivity index (χ4n) is 3.32. The Morgan fingerprint density at radius 3 is 2.67 bits per heavy atom. The van der Waals surface area contributed by atoms with Crippen molar-refractivity contribution < 1.29 is 0 Å². The van der Waals surface area contributed by atoms with Gasteiger partial charge in [0, 0.05) is 12.3 Å². The molecule has 1 aliphatic carbocycles. The van der Waals surface area contributed by atoms with Gasteiger partial charge in [0.1, 0.15) is 0 Å². The summed E-state index contributed by atoms with van der Waals surface area (Å²) in [5, 5.41) is 4.71. The summed E-state index contributed by atoms with van der Waals surface area (Å²) >= 11 is 1.87. The van der Waals surface area contributed by atoms with E-state index in [0.29, 0.717) is 6.04 Å². The van der Waals surface area contributed by atoms with E-state index in [4.69, 9.17) is 4.99 Å². The predicted molar refractivity (Wildman–Crippen MR) is 92.8 cm³/mol. The Bertz CT molecular complexity index is 463. The van der Waals surface area contributed by atoms with Crippen LogP contribution in [0.3, 0.4) is 0 Å². The molecule has 1 aromatic rings. The molecule has 3 rings (SSSR count). The molecule has 0 aromatic heterocycles. The Balaban J connectivity index is 1.43. The minimum absolute atomic E-state index is 0.436. The van der Waals surface area contributed by atoms with E-state index in [9.17, 15) is 0 Å². The number of benzene rings is 1. The molecule has 1 aromatic carbocycles. The first-order chi connectivity index (χ1) is 10.3. The minimum Gasteiger partial charge on any atom is -0.357 e. The highest BCUT2D eigenvalue weighted by molar-refractivity contribution is 8.14.